The van der Waals surface area contributed by atoms with Crippen molar-refractivity contribution in [3.63, 3.8) is 0 Å². The molecule has 158 valence electrons. The lowest BCUT2D eigenvalue weighted by atomic mass is 9.95. The van der Waals surface area contributed by atoms with Gasteiger partial charge in [0.2, 0.25) is 0 Å². The normalized spacial score (nSPS) is 18.2. The van der Waals surface area contributed by atoms with E-state index in [0.29, 0.717) is 27.1 Å². The smallest absolute Gasteiger partial charge is 0.356 e. The Morgan fingerprint density at radius 3 is 2.52 bits per heavy atom. The second kappa shape index (κ2) is 8.37. The Hall–Kier alpha value is -2.82. The third-order valence-corrected chi connectivity index (χ3v) is 6.19. The average Bonchev–Trinajstić information content (AvgIpc) is 3.12. The van der Waals surface area contributed by atoms with Crippen molar-refractivity contribution in [3.05, 3.63) is 87.6 Å². The van der Waals surface area contributed by atoms with Crippen LogP contribution in [-0.4, -0.2) is 20.6 Å². The molecule has 0 aliphatic heterocycles. The number of halogens is 2. The quantitative estimate of drug-likeness (QED) is 0.460. The second-order valence-corrected chi connectivity index (χ2v) is 8.75. The average molecular weight is 453 g/mol. The van der Waals surface area contributed by atoms with Crippen LogP contribution in [0.25, 0.3) is 22.6 Å². The van der Waals surface area contributed by atoms with Crippen LogP contribution in [0.15, 0.2) is 65.7 Å². The molecule has 1 heterocycles. The van der Waals surface area contributed by atoms with Gasteiger partial charge in [-0.2, -0.15) is 0 Å². The number of carbonyl (C=O) groups is 1. The molecular formula is C25H22Cl2N2O2. The molecule has 1 aliphatic carbocycles. The zero-order chi connectivity index (χ0) is 22.3. The molecule has 1 N–H and O–H groups in total. The fraction of sp³-hybridized carbons (Fsp3) is 0.200. The van der Waals surface area contributed by atoms with E-state index in [1.165, 1.54) is 0 Å². The van der Waals surface area contributed by atoms with Gasteiger partial charge in [0.25, 0.3) is 0 Å². The van der Waals surface area contributed by atoms with Crippen molar-refractivity contribution in [2.24, 2.45) is 5.92 Å². The van der Waals surface area contributed by atoms with Crippen LogP contribution in [0, 0.1) is 19.8 Å². The molecule has 3 aromatic rings. The molecule has 2 unspecified atom stereocenters. The lowest BCUT2D eigenvalue weighted by Gasteiger charge is -2.27. The zero-order valence-corrected chi connectivity index (χ0v) is 18.9. The van der Waals surface area contributed by atoms with E-state index in [-0.39, 0.29) is 17.7 Å². The summed E-state index contributed by atoms with van der Waals surface area (Å²) in [7, 11) is 0. The molecule has 0 saturated heterocycles. The SMILES string of the molecule is Cc1ccc(-c2nc(C(=O)O)c(-c3cccc(Cl)c3)n2C2C=C(Cl)C=CC2C)cc1C. The highest BCUT2D eigenvalue weighted by atomic mass is 35.5. The van der Waals surface area contributed by atoms with Gasteiger partial charge in [0.1, 0.15) is 5.82 Å². The van der Waals surface area contributed by atoms with Gasteiger partial charge in [-0.3, -0.25) is 0 Å². The first kappa shape index (κ1) is 21.4. The van der Waals surface area contributed by atoms with Gasteiger partial charge in [-0.05, 0) is 61.2 Å². The Bertz CT molecular complexity index is 1240. The lowest BCUT2D eigenvalue weighted by molar-refractivity contribution is 0.0692. The van der Waals surface area contributed by atoms with Crippen molar-refractivity contribution in [2.75, 3.05) is 0 Å². The van der Waals surface area contributed by atoms with Gasteiger partial charge in [-0.1, -0.05) is 60.5 Å². The Morgan fingerprint density at radius 2 is 1.84 bits per heavy atom. The number of imidazole rings is 1. The summed E-state index contributed by atoms with van der Waals surface area (Å²) in [4.78, 5) is 16.9. The minimum atomic E-state index is -1.09. The van der Waals surface area contributed by atoms with Crippen LogP contribution < -0.4 is 0 Å². The Kier molecular flexibility index (Phi) is 5.78. The molecular weight excluding hydrogens is 431 g/mol. The number of carboxylic acid groups (broad SMARTS) is 1. The van der Waals surface area contributed by atoms with Crippen molar-refractivity contribution < 1.29 is 9.90 Å². The van der Waals surface area contributed by atoms with Gasteiger partial charge in [-0.25, -0.2) is 9.78 Å². The number of benzene rings is 2. The van der Waals surface area contributed by atoms with E-state index >= 15 is 0 Å². The topological polar surface area (TPSA) is 55.1 Å². The van der Waals surface area contributed by atoms with Crippen LogP contribution in [0.2, 0.25) is 5.02 Å². The molecule has 2 atom stereocenters. The van der Waals surface area contributed by atoms with E-state index in [9.17, 15) is 9.90 Å². The molecule has 4 nitrogen and oxygen atoms in total. The number of hydrogen-bond acceptors (Lipinski definition) is 2. The maximum atomic E-state index is 12.3. The fourth-order valence-corrected chi connectivity index (χ4v) is 4.30. The molecule has 0 amide bonds. The highest BCUT2D eigenvalue weighted by Gasteiger charge is 2.30. The van der Waals surface area contributed by atoms with Crippen LogP contribution in [0.1, 0.15) is 34.6 Å². The highest BCUT2D eigenvalue weighted by molar-refractivity contribution is 6.31. The van der Waals surface area contributed by atoms with Crippen molar-refractivity contribution in [1.29, 1.82) is 0 Å². The van der Waals surface area contributed by atoms with Crippen molar-refractivity contribution in [3.8, 4) is 22.6 Å². The van der Waals surface area contributed by atoms with E-state index in [1.807, 2.05) is 67.0 Å². The minimum absolute atomic E-state index is 0.0122. The lowest BCUT2D eigenvalue weighted by Crippen LogP contribution is -2.18. The van der Waals surface area contributed by atoms with Gasteiger partial charge in [0, 0.05) is 21.2 Å². The predicted octanol–water partition coefficient (Wildman–Crippen LogP) is 7.06. The molecule has 0 spiro atoms. The first-order chi connectivity index (χ1) is 14.8. The summed E-state index contributed by atoms with van der Waals surface area (Å²) in [5.41, 5.74) is 4.31. The number of aryl methyl sites for hydroxylation is 2. The molecule has 2 aromatic carbocycles. The number of aromatic carboxylic acids is 1. The molecule has 0 radical (unpaired) electrons. The number of nitrogens with zero attached hydrogens (tertiary/aromatic N) is 2. The standard InChI is InChI=1S/C25H22Cl2N2O2/c1-14-7-9-18(11-16(14)3)24-28-22(25(30)31)23(17-5-4-6-19(26)12-17)29(24)21-13-20(27)10-8-15(21)2/h4-13,15,21H,1-3H3,(H,30,31). The summed E-state index contributed by atoms with van der Waals surface area (Å²) in [5, 5.41) is 11.2. The molecule has 4 rings (SSSR count). The number of allylic oxidation sites excluding steroid dienone is 4. The Morgan fingerprint density at radius 1 is 1.06 bits per heavy atom. The molecule has 0 fully saturated rings. The summed E-state index contributed by atoms with van der Waals surface area (Å²) >= 11 is 12.6. The van der Waals surface area contributed by atoms with Crippen LogP contribution in [0.3, 0.4) is 0 Å². The van der Waals surface area contributed by atoms with Crippen LogP contribution in [-0.2, 0) is 0 Å². The maximum absolute atomic E-state index is 12.3. The Labute approximate surface area is 191 Å². The predicted molar refractivity (Wildman–Crippen MR) is 126 cm³/mol. The Balaban J connectivity index is 2.08. The van der Waals surface area contributed by atoms with E-state index in [0.717, 1.165) is 16.7 Å². The third-order valence-electron chi connectivity index (χ3n) is 5.70. The number of hydrogen-bond donors (Lipinski definition) is 1. The molecule has 0 bridgehead atoms. The van der Waals surface area contributed by atoms with Crippen molar-refractivity contribution >= 4 is 29.2 Å². The highest BCUT2D eigenvalue weighted by Crippen LogP contribution is 2.40. The largest absolute Gasteiger partial charge is 0.476 e. The number of rotatable bonds is 4. The van der Waals surface area contributed by atoms with Gasteiger partial charge < -0.3 is 9.67 Å². The number of carboxylic acids is 1. The summed E-state index contributed by atoms with van der Waals surface area (Å²) in [6, 6.07) is 13.0. The van der Waals surface area contributed by atoms with Gasteiger partial charge in [0.05, 0.1) is 11.7 Å². The third kappa shape index (κ3) is 4.06. The van der Waals surface area contributed by atoms with E-state index in [2.05, 4.69) is 11.9 Å². The monoisotopic (exact) mass is 452 g/mol. The van der Waals surface area contributed by atoms with Gasteiger partial charge >= 0.3 is 5.97 Å². The van der Waals surface area contributed by atoms with Crippen LogP contribution in [0.5, 0.6) is 0 Å². The van der Waals surface area contributed by atoms with E-state index < -0.39 is 5.97 Å². The maximum Gasteiger partial charge on any atom is 0.356 e. The van der Waals surface area contributed by atoms with Gasteiger partial charge in [-0.15, -0.1) is 0 Å². The van der Waals surface area contributed by atoms with E-state index in [1.54, 1.807) is 12.1 Å². The minimum Gasteiger partial charge on any atom is -0.476 e. The first-order valence-corrected chi connectivity index (χ1v) is 10.8. The number of aromatic nitrogens is 2. The zero-order valence-electron chi connectivity index (χ0n) is 17.4. The van der Waals surface area contributed by atoms with Crippen molar-refractivity contribution in [2.45, 2.75) is 26.8 Å². The molecule has 0 saturated carbocycles. The fourth-order valence-electron chi connectivity index (χ4n) is 3.91. The summed E-state index contributed by atoms with van der Waals surface area (Å²) in [6.45, 7) is 6.15. The molecule has 31 heavy (non-hydrogen) atoms. The first-order valence-electron chi connectivity index (χ1n) is 10.0. The molecule has 1 aliphatic rings. The van der Waals surface area contributed by atoms with Crippen LogP contribution in [0.4, 0.5) is 0 Å². The van der Waals surface area contributed by atoms with Gasteiger partial charge in [0.15, 0.2) is 5.69 Å². The summed E-state index contributed by atoms with van der Waals surface area (Å²) in [5.74, 6) is -0.419. The summed E-state index contributed by atoms with van der Waals surface area (Å²) < 4.78 is 1.98. The van der Waals surface area contributed by atoms with E-state index in [4.69, 9.17) is 23.2 Å². The van der Waals surface area contributed by atoms with Crippen molar-refractivity contribution in [1.82, 2.24) is 9.55 Å². The molecule has 6 heteroatoms. The second-order valence-electron chi connectivity index (χ2n) is 7.88. The molecule has 1 aromatic heterocycles. The van der Waals surface area contributed by atoms with Crippen LogP contribution >= 0.6 is 23.2 Å². The summed E-state index contributed by atoms with van der Waals surface area (Å²) in [6.07, 6.45) is 5.84.